The van der Waals surface area contributed by atoms with Crippen molar-refractivity contribution in [1.82, 2.24) is 4.90 Å². The van der Waals surface area contributed by atoms with Gasteiger partial charge in [-0.3, -0.25) is 9.69 Å². The van der Waals surface area contributed by atoms with Gasteiger partial charge >= 0.3 is 18.3 Å². The number of hydrogen-bond acceptors (Lipinski definition) is 2. The zero-order chi connectivity index (χ0) is 22.8. The fraction of sp³-hybridized carbons (Fsp3) is 0.409. The lowest BCUT2D eigenvalue weighted by Gasteiger charge is -2.38. The Kier molecular flexibility index (Phi) is 6.64. The molecule has 1 fully saturated rings. The molecule has 31 heavy (non-hydrogen) atoms. The van der Waals surface area contributed by atoms with Gasteiger partial charge in [0.1, 0.15) is 0 Å². The number of alkyl halides is 6. The quantitative estimate of drug-likeness (QED) is 0.591. The molecule has 1 heterocycles. The highest BCUT2D eigenvalue weighted by Gasteiger charge is 2.33. The molecule has 0 radical (unpaired) electrons. The molecule has 0 spiro atoms. The van der Waals surface area contributed by atoms with Crippen LogP contribution in [0.3, 0.4) is 0 Å². The van der Waals surface area contributed by atoms with Gasteiger partial charge in [0.05, 0.1) is 11.1 Å². The SMILES string of the molecule is O=C(O)C[C@@H]1C[C@@H](c2ccc(C(F)(F)F)cc2)CN(Cc2ccc(C(F)(F)F)cc2)C1. The van der Waals surface area contributed by atoms with Crippen molar-refractivity contribution < 1.29 is 36.2 Å². The van der Waals surface area contributed by atoms with E-state index in [-0.39, 0.29) is 18.3 Å². The van der Waals surface area contributed by atoms with Crippen LogP contribution in [0, 0.1) is 5.92 Å². The monoisotopic (exact) mass is 445 g/mol. The molecule has 3 rings (SSSR count). The maximum atomic E-state index is 12.8. The molecular weight excluding hydrogens is 424 g/mol. The average Bonchev–Trinajstić information content (AvgIpc) is 2.66. The van der Waals surface area contributed by atoms with Gasteiger partial charge < -0.3 is 5.11 Å². The van der Waals surface area contributed by atoms with Crippen LogP contribution in [0.1, 0.15) is 41.0 Å². The zero-order valence-electron chi connectivity index (χ0n) is 16.4. The van der Waals surface area contributed by atoms with Gasteiger partial charge in [0, 0.05) is 26.1 Å². The van der Waals surface area contributed by atoms with E-state index in [0.717, 1.165) is 24.3 Å². The summed E-state index contributed by atoms with van der Waals surface area (Å²) in [6, 6.07) is 9.61. The van der Waals surface area contributed by atoms with Crippen molar-refractivity contribution in [2.24, 2.45) is 5.92 Å². The Morgan fingerprint density at radius 2 is 1.39 bits per heavy atom. The summed E-state index contributed by atoms with van der Waals surface area (Å²) in [5.74, 6) is -1.35. The van der Waals surface area contributed by atoms with Crippen molar-refractivity contribution >= 4 is 5.97 Å². The van der Waals surface area contributed by atoms with Gasteiger partial charge in [0.15, 0.2) is 0 Å². The van der Waals surface area contributed by atoms with Crippen LogP contribution in [-0.4, -0.2) is 29.1 Å². The Balaban J connectivity index is 1.76. The van der Waals surface area contributed by atoms with Crippen molar-refractivity contribution in [2.75, 3.05) is 13.1 Å². The number of carboxylic acids is 1. The fourth-order valence-corrected chi connectivity index (χ4v) is 4.07. The standard InChI is InChI=1S/C22H21F6NO2/c23-21(24,25)18-5-1-14(2-6-18)11-29-12-15(10-20(30)31)9-17(13-29)16-3-7-19(8-4-16)22(26,27)28/h1-8,15,17H,9-13H2,(H,30,31)/t15-,17+/m0/s1. The highest BCUT2D eigenvalue weighted by molar-refractivity contribution is 5.67. The molecule has 2 aromatic rings. The van der Waals surface area contributed by atoms with Crippen molar-refractivity contribution in [3.8, 4) is 0 Å². The van der Waals surface area contributed by atoms with Crippen molar-refractivity contribution in [3.05, 3.63) is 70.8 Å². The lowest BCUT2D eigenvalue weighted by atomic mass is 9.82. The van der Waals surface area contributed by atoms with Gasteiger partial charge in [-0.15, -0.1) is 0 Å². The Morgan fingerprint density at radius 1 is 0.871 bits per heavy atom. The van der Waals surface area contributed by atoms with Gasteiger partial charge in [-0.1, -0.05) is 24.3 Å². The van der Waals surface area contributed by atoms with E-state index in [1.54, 1.807) is 0 Å². The minimum Gasteiger partial charge on any atom is -0.481 e. The number of rotatable bonds is 5. The van der Waals surface area contributed by atoms with E-state index in [2.05, 4.69) is 0 Å². The molecule has 168 valence electrons. The Labute approximate surface area is 175 Å². The summed E-state index contributed by atoms with van der Waals surface area (Å²) in [7, 11) is 0. The molecule has 9 heteroatoms. The molecule has 1 aliphatic rings. The second-order valence-corrected chi connectivity index (χ2v) is 7.91. The molecule has 2 aromatic carbocycles. The number of likely N-dealkylation sites (tertiary alicyclic amines) is 1. The summed E-state index contributed by atoms with van der Waals surface area (Å²) in [5.41, 5.74) is -0.173. The van der Waals surface area contributed by atoms with Crippen LogP contribution < -0.4 is 0 Å². The Hall–Kier alpha value is -2.55. The molecule has 2 atom stereocenters. The van der Waals surface area contributed by atoms with Gasteiger partial charge in [0.2, 0.25) is 0 Å². The van der Waals surface area contributed by atoms with Crippen LogP contribution in [0.5, 0.6) is 0 Å². The maximum absolute atomic E-state index is 12.8. The molecule has 3 nitrogen and oxygen atoms in total. The first-order valence-corrected chi connectivity index (χ1v) is 9.69. The number of benzene rings is 2. The van der Waals surface area contributed by atoms with E-state index in [9.17, 15) is 36.2 Å². The number of carbonyl (C=O) groups is 1. The minimum absolute atomic E-state index is 0.0827. The van der Waals surface area contributed by atoms with Crippen molar-refractivity contribution in [2.45, 2.75) is 37.7 Å². The maximum Gasteiger partial charge on any atom is 0.416 e. The first-order valence-electron chi connectivity index (χ1n) is 9.69. The molecule has 1 saturated heterocycles. The molecule has 0 amide bonds. The third kappa shape index (κ3) is 6.22. The van der Waals surface area contributed by atoms with Gasteiger partial charge in [-0.2, -0.15) is 26.3 Å². The number of nitrogens with zero attached hydrogens (tertiary/aromatic N) is 1. The molecular formula is C22H21F6NO2. The van der Waals surface area contributed by atoms with Crippen LogP contribution in [-0.2, 0) is 23.7 Å². The summed E-state index contributed by atoms with van der Waals surface area (Å²) in [6.45, 7) is 1.25. The van der Waals surface area contributed by atoms with Gasteiger partial charge in [-0.05, 0) is 53.6 Å². The summed E-state index contributed by atoms with van der Waals surface area (Å²) < 4.78 is 76.8. The smallest absolute Gasteiger partial charge is 0.416 e. The highest BCUT2D eigenvalue weighted by atomic mass is 19.4. The van der Waals surface area contributed by atoms with Crippen molar-refractivity contribution in [3.63, 3.8) is 0 Å². The zero-order valence-corrected chi connectivity index (χ0v) is 16.4. The van der Waals surface area contributed by atoms with Gasteiger partial charge in [0.25, 0.3) is 0 Å². The summed E-state index contributed by atoms with van der Waals surface area (Å²) in [4.78, 5) is 13.2. The molecule has 0 aromatic heterocycles. The minimum atomic E-state index is -4.44. The lowest BCUT2D eigenvalue weighted by molar-refractivity contribution is -0.139. The number of piperidine rings is 1. The molecule has 0 bridgehead atoms. The van der Waals surface area contributed by atoms with E-state index < -0.39 is 29.4 Å². The normalized spacial score (nSPS) is 20.6. The lowest BCUT2D eigenvalue weighted by Crippen LogP contribution is -2.39. The average molecular weight is 445 g/mol. The number of carboxylic acid groups (broad SMARTS) is 1. The molecule has 0 unspecified atom stereocenters. The number of aliphatic carboxylic acids is 1. The predicted molar refractivity (Wildman–Crippen MR) is 101 cm³/mol. The Morgan fingerprint density at radius 3 is 1.87 bits per heavy atom. The molecule has 1 N–H and O–H groups in total. The van der Waals surface area contributed by atoms with Crippen LogP contribution in [0.25, 0.3) is 0 Å². The van der Waals surface area contributed by atoms with Crippen molar-refractivity contribution in [1.29, 1.82) is 0 Å². The number of halogens is 6. The summed E-state index contributed by atoms with van der Waals surface area (Å²) in [6.07, 6.45) is -8.43. The van der Waals surface area contributed by atoms with E-state index >= 15 is 0 Å². The largest absolute Gasteiger partial charge is 0.481 e. The highest BCUT2D eigenvalue weighted by Crippen LogP contribution is 2.35. The Bertz CT molecular complexity index is 890. The van der Waals surface area contributed by atoms with Crippen LogP contribution in [0.2, 0.25) is 0 Å². The predicted octanol–water partition coefficient (Wildman–Crippen LogP) is 5.80. The van der Waals surface area contributed by atoms with E-state index in [1.165, 1.54) is 24.3 Å². The summed E-state index contributed by atoms with van der Waals surface area (Å²) >= 11 is 0. The third-order valence-electron chi connectivity index (χ3n) is 5.47. The van der Waals surface area contributed by atoms with Gasteiger partial charge in [-0.25, -0.2) is 0 Å². The van der Waals surface area contributed by atoms with Crippen LogP contribution >= 0.6 is 0 Å². The third-order valence-corrected chi connectivity index (χ3v) is 5.47. The first kappa shape index (κ1) is 23.1. The fourth-order valence-electron chi connectivity index (χ4n) is 4.07. The number of hydrogen-bond donors (Lipinski definition) is 1. The molecule has 0 saturated carbocycles. The first-order chi connectivity index (χ1) is 14.4. The second-order valence-electron chi connectivity index (χ2n) is 7.91. The van der Waals surface area contributed by atoms with E-state index in [1.807, 2.05) is 4.90 Å². The second kappa shape index (κ2) is 8.90. The molecule has 1 aliphatic heterocycles. The topological polar surface area (TPSA) is 40.5 Å². The van der Waals surface area contributed by atoms with E-state index in [0.29, 0.717) is 37.2 Å². The van der Waals surface area contributed by atoms with Crippen LogP contribution in [0.15, 0.2) is 48.5 Å². The molecule has 0 aliphatic carbocycles. The van der Waals surface area contributed by atoms with E-state index in [4.69, 9.17) is 0 Å². The van der Waals surface area contributed by atoms with Crippen LogP contribution in [0.4, 0.5) is 26.3 Å². The summed E-state index contributed by atoms with van der Waals surface area (Å²) in [5, 5.41) is 9.18.